The molecule has 0 saturated carbocycles. The van der Waals surface area contributed by atoms with Gasteiger partial charge in [-0.1, -0.05) is 6.08 Å². The van der Waals surface area contributed by atoms with Gasteiger partial charge in [0.1, 0.15) is 5.69 Å². The standard InChI is InChI=1S/C19H28N2O4/c1-7-9-21-15(6)16(14(5)17(21)19(23)24-8-2)18(22)20-10-12(3)25-13(4)11-20/h7,12-13H,1,8-11H2,2-6H3. The third-order valence-corrected chi connectivity index (χ3v) is 4.47. The van der Waals surface area contributed by atoms with E-state index in [0.29, 0.717) is 43.1 Å². The van der Waals surface area contributed by atoms with Crippen LogP contribution in [0, 0.1) is 13.8 Å². The molecule has 0 bridgehead atoms. The molecule has 2 unspecified atom stereocenters. The van der Waals surface area contributed by atoms with E-state index < -0.39 is 5.97 Å². The van der Waals surface area contributed by atoms with Crippen molar-refractivity contribution in [2.24, 2.45) is 0 Å². The van der Waals surface area contributed by atoms with Crippen LogP contribution in [0.1, 0.15) is 52.9 Å². The molecule has 1 amide bonds. The summed E-state index contributed by atoms with van der Waals surface area (Å²) >= 11 is 0. The zero-order valence-corrected chi connectivity index (χ0v) is 15.8. The molecule has 1 aliphatic rings. The highest BCUT2D eigenvalue weighted by molar-refractivity contribution is 6.01. The highest BCUT2D eigenvalue weighted by Gasteiger charge is 2.32. The summed E-state index contributed by atoms with van der Waals surface area (Å²) in [6.45, 7) is 14.9. The van der Waals surface area contributed by atoms with E-state index in [1.807, 2.05) is 20.8 Å². The number of ether oxygens (including phenoxy) is 2. The summed E-state index contributed by atoms with van der Waals surface area (Å²) in [6, 6.07) is 0. The van der Waals surface area contributed by atoms with Crippen molar-refractivity contribution in [3.63, 3.8) is 0 Å². The molecule has 25 heavy (non-hydrogen) atoms. The highest BCUT2D eigenvalue weighted by atomic mass is 16.5. The topological polar surface area (TPSA) is 60.8 Å². The zero-order valence-electron chi connectivity index (χ0n) is 15.8. The molecule has 0 N–H and O–H groups in total. The molecule has 6 heteroatoms. The van der Waals surface area contributed by atoms with E-state index in [2.05, 4.69) is 6.58 Å². The Bertz CT molecular complexity index is 667. The first-order valence-electron chi connectivity index (χ1n) is 8.74. The first-order valence-corrected chi connectivity index (χ1v) is 8.74. The van der Waals surface area contributed by atoms with Gasteiger partial charge in [-0.2, -0.15) is 0 Å². The lowest BCUT2D eigenvalue weighted by atomic mass is 10.1. The normalized spacial score (nSPS) is 20.4. The number of allylic oxidation sites excluding steroid dienone is 1. The molecule has 2 rings (SSSR count). The Morgan fingerprint density at radius 2 is 1.88 bits per heavy atom. The number of aromatic nitrogens is 1. The van der Waals surface area contributed by atoms with E-state index in [1.54, 1.807) is 29.4 Å². The van der Waals surface area contributed by atoms with Crippen LogP contribution in [-0.2, 0) is 16.0 Å². The lowest BCUT2D eigenvalue weighted by Gasteiger charge is -2.35. The molecule has 138 valence electrons. The van der Waals surface area contributed by atoms with Crippen LogP contribution in [0.3, 0.4) is 0 Å². The molecular formula is C19H28N2O4. The number of morpholine rings is 1. The van der Waals surface area contributed by atoms with Gasteiger partial charge in [0, 0.05) is 25.3 Å². The molecule has 1 aliphatic heterocycles. The van der Waals surface area contributed by atoms with Gasteiger partial charge in [0.2, 0.25) is 0 Å². The molecule has 0 aromatic carbocycles. The Kier molecular flexibility index (Phi) is 6.06. The zero-order chi connectivity index (χ0) is 18.7. The molecule has 0 aliphatic carbocycles. The Hall–Kier alpha value is -2.08. The summed E-state index contributed by atoms with van der Waals surface area (Å²) in [5, 5.41) is 0. The molecule has 2 heterocycles. The number of rotatable bonds is 5. The van der Waals surface area contributed by atoms with Gasteiger partial charge in [0.15, 0.2) is 0 Å². The fourth-order valence-corrected chi connectivity index (χ4v) is 3.53. The van der Waals surface area contributed by atoms with Crippen LogP contribution in [0.25, 0.3) is 0 Å². The van der Waals surface area contributed by atoms with Crippen molar-refractivity contribution in [2.45, 2.75) is 53.4 Å². The number of carbonyl (C=O) groups excluding carboxylic acids is 2. The third kappa shape index (κ3) is 3.79. The second kappa shape index (κ2) is 7.87. The fraction of sp³-hybridized carbons (Fsp3) is 0.579. The monoisotopic (exact) mass is 348 g/mol. The predicted octanol–water partition coefficient (Wildman–Crippen LogP) is 2.72. The average molecular weight is 348 g/mol. The lowest BCUT2D eigenvalue weighted by Crippen LogP contribution is -2.48. The second-order valence-corrected chi connectivity index (χ2v) is 6.52. The molecule has 1 aromatic rings. The van der Waals surface area contributed by atoms with Gasteiger partial charge in [-0.15, -0.1) is 6.58 Å². The van der Waals surface area contributed by atoms with Crippen molar-refractivity contribution in [3.8, 4) is 0 Å². The summed E-state index contributed by atoms with van der Waals surface area (Å²) in [5.74, 6) is -0.474. The smallest absolute Gasteiger partial charge is 0.355 e. The van der Waals surface area contributed by atoms with Crippen LogP contribution in [0.5, 0.6) is 0 Å². The van der Waals surface area contributed by atoms with Crippen molar-refractivity contribution < 1.29 is 19.1 Å². The molecule has 0 radical (unpaired) electrons. The number of hydrogen-bond acceptors (Lipinski definition) is 4. The SMILES string of the molecule is C=CCn1c(C)c(C(=O)N2CC(C)OC(C)C2)c(C)c1C(=O)OCC. The molecule has 6 nitrogen and oxygen atoms in total. The van der Waals surface area contributed by atoms with Crippen LogP contribution in [-0.4, -0.2) is 53.2 Å². The summed E-state index contributed by atoms with van der Waals surface area (Å²) in [5.41, 5.74) is 2.43. The van der Waals surface area contributed by atoms with Crippen LogP contribution >= 0.6 is 0 Å². The van der Waals surface area contributed by atoms with Gasteiger partial charge >= 0.3 is 5.97 Å². The van der Waals surface area contributed by atoms with Crippen LogP contribution < -0.4 is 0 Å². The highest BCUT2D eigenvalue weighted by Crippen LogP contribution is 2.26. The molecule has 1 fully saturated rings. The van der Waals surface area contributed by atoms with E-state index in [9.17, 15) is 9.59 Å². The van der Waals surface area contributed by atoms with Gasteiger partial charge in [-0.05, 0) is 40.2 Å². The molecule has 2 atom stereocenters. The number of hydrogen-bond donors (Lipinski definition) is 0. The minimum Gasteiger partial charge on any atom is -0.461 e. The van der Waals surface area contributed by atoms with Gasteiger partial charge in [0.05, 0.1) is 24.4 Å². The first-order chi connectivity index (χ1) is 11.8. The van der Waals surface area contributed by atoms with Crippen LogP contribution in [0.4, 0.5) is 0 Å². The van der Waals surface area contributed by atoms with E-state index in [1.165, 1.54) is 0 Å². The van der Waals surface area contributed by atoms with Crippen molar-refractivity contribution >= 4 is 11.9 Å². The van der Waals surface area contributed by atoms with Gasteiger partial charge in [-0.25, -0.2) is 4.79 Å². The summed E-state index contributed by atoms with van der Waals surface area (Å²) < 4.78 is 12.7. The van der Waals surface area contributed by atoms with Crippen molar-refractivity contribution in [3.05, 3.63) is 35.2 Å². The van der Waals surface area contributed by atoms with Crippen molar-refractivity contribution in [2.75, 3.05) is 19.7 Å². The van der Waals surface area contributed by atoms with Gasteiger partial charge in [0.25, 0.3) is 5.91 Å². The summed E-state index contributed by atoms with van der Waals surface area (Å²) in [6.07, 6.45) is 1.70. The van der Waals surface area contributed by atoms with E-state index in [-0.39, 0.29) is 18.1 Å². The average Bonchev–Trinajstić information content (AvgIpc) is 2.77. The van der Waals surface area contributed by atoms with E-state index in [4.69, 9.17) is 9.47 Å². The maximum absolute atomic E-state index is 13.2. The Labute approximate surface area is 149 Å². The molecule has 1 aromatic heterocycles. The first kappa shape index (κ1) is 19.2. The van der Waals surface area contributed by atoms with Crippen molar-refractivity contribution in [1.82, 2.24) is 9.47 Å². The Morgan fingerprint density at radius 1 is 1.28 bits per heavy atom. The lowest BCUT2D eigenvalue weighted by molar-refractivity contribution is -0.0586. The van der Waals surface area contributed by atoms with Gasteiger partial charge in [-0.3, -0.25) is 4.79 Å². The van der Waals surface area contributed by atoms with Gasteiger partial charge < -0.3 is 18.9 Å². The molecular weight excluding hydrogens is 320 g/mol. The largest absolute Gasteiger partial charge is 0.461 e. The third-order valence-electron chi connectivity index (χ3n) is 4.47. The minimum atomic E-state index is -0.410. The van der Waals surface area contributed by atoms with Crippen molar-refractivity contribution in [1.29, 1.82) is 0 Å². The maximum Gasteiger partial charge on any atom is 0.355 e. The van der Waals surface area contributed by atoms with E-state index in [0.717, 1.165) is 5.69 Å². The predicted molar refractivity (Wildman–Crippen MR) is 96.0 cm³/mol. The number of amides is 1. The Balaban J connectivity index is 2.46. The molecule has 0 spiro atoms. The Morgan fingerprint density at radius 3 is 2.40 bits per heavy atom. The summed E-state index contributed by atoms with van der Waals surface area (Å²) in [4.78, 5) is 27.4. The molecule has 1 saturated heterocycles. The minimum absolute atomic E-state index is 0.00639. The summed E-state index contributed by atoms with van der Waals surface area (Å²) in [7, 11) is 0. The fourth-order valence-electron chi connectivity index (χ4n) is 3.53. The maximum atomic E-state index is 13.2. The number of esters is 1. The van der Waals surface area contributed by atoms with Crippen LogP contribution in [0.15, 0.2) is 12.7 Å². The second-order valence-electron chi connectivity index (χ2n) is 6.52. The quantitative estimate of drug-likeness (QED) is 0.606. The van der Waals surface area contributed by atoms with E-state index >= 15 is 0 Å². The number of carbonyl (C=O) groups is 2. The van der Waals surface area contributed by atoms with Crippen LogP contribution in [0.2, 0.25) is 0 Å². The number of nitrogens with zero attached hydrogens (tertiary/aromatic N) is 2.